The Balaban J connectivity index is 1.99. The zero-order valence-electron chi connectivity index (χ0n) is 15.3. The van der Waals surface area contributed by atoms with E-state index in [2.05, 4.69) is 30.5 Å². The summed E-state index contributed by atoms with van der Waals surface area (Å²) in [5.41, 5.74) is 4.37. The van der Waals surface area contributed by atoms with Gasteiger partial charge in [-0.25, -0.2) is 9.78 Å². The molecule has 0 amide bonds. The number of nitrogens with zero attached hydrogens (tertiary/aromatic N) is 4. The molecule has 4 rings (SSSR count). The third-order valence-electron chi connectivity index (χ3n) is 4.48. The molecule has 3 aromatic rings. The molecule has 2 aromatic heterocycles. The maximum atomic E-state index is 11.7. The summed E-state index contributed by atoms with van der Waals surface area (Å²) in [6.07, 6.45) is 6.63. The Labute approximate surface area is 170 Å². The van der Waals surface area contributed by atoms with Crippen LogP contribution in [0.5, 0.6) is 0 Å². The van der Waals surface area contributed by atoms with Gasteiger partial charge in [0.05, 0.1) is 24.2 Å². The number of methoxy groups -OCH3 is 1. The van der Waals surface area contributed by atoms with Crippen molar-refractivity contribution in [2.24, 2.45) is 4.99 Å². The molecule has 1 aliphatic heterocycles. The molecule has 3 heterocycles. The minimum atomic E-state index is -0.462. The Kier molecular flexibility index (Phi) is 4.92. The highest BCUT2D eigenvalue weighted by Crippen LogP contribution is 2.33. The van der Waals surface area contributed by atoms with E-state index >= 15 is 0 Å². The Bertz CT molecular complexity index is 1100. The standard InChI is InChI=1S/C21H17BrN4O2/c1-13-12-24-21-17(7-9-19(27)28-2)25-20(16-5-3-4-10-23-16)15-11-14(22)6-8-18(15)26(13)21/h3-12,17H,1-2H3. The molecule has 1 aromatic carbocycles. The molecule has 28 heavy (non-hydrogen) atoms. The number of halogens is 1. The minimum absolute atomic E-state index is 0.436. The summed E-state index contributed by atoms with van der Waals surface area (Å²) in [7, 11) is 1.35. The normalized spacial score (nSPS) is 15.5. The molecular formula is C21H17BrN4O2. The highest BCUT2D eigenvalue weighted by atomic mass is 79.9. The summed E-state index contributed by atoms with van der Waals surface area (Å²) < 4.78 is 7.74. The van der Waals surface area contributed by atoms with Crippen LogP contribution < -0.4 is 0 Å². The van der Waals surface area contributed by atoms with Gasteiger partial charge in [0, 0.05) is 34.2 Å². The van der Waals surface area contributed by atoms with Gasteiger partial charge in [-0.15, -0.1) is 0 Å². The summed E-state index contributed by atoms with van der Waals surface area (Å²) in [5, 5.41) is 0. The number of benzene rings is 1. The number of aliphatic imine (C=N–C) groups is 1. The van der Waals surface area contributed by atoms with Crippen LogP contribution in [0.3, 0.4) is 0 Å². The summed E-state index contributed by atoms with van der Waals surface area (Å²) in [6.45, 7) is 2.00. The van der Waals surface area contributed by atoms with Crippen molar-refractivity contribution in [3.8, 4) is 5.69 Å². The van der Waals surface area contributed by atoms with Crippen LogP contribution in [0, 0.1) is 6.92 Å². The Morgan fingerprint density at radius 3 is 2.86 bits per heavy atom. The van der Waals surface area contributed by atoms with E-state index in [9.17, 15) is 4.79 Å². The topological polar surface area (TPSA) is 69.4 Å². The molecule has 0 saturated carbocycles. The summed E-state index contributed by atoms with van der Waals surface area (Å²) in [6, 6.07) is 11.3. The quantitative estimate of drug-likeness (QED) is 0.460. The van der Waals surface area contributed by atoms with Crippen LogP contribution in [-0.2, 0) is 9.53 Å². The molecule has 0 bridgehead atoms. The largest absolute Gasteiger partial charge is 0.466 e. The second-order valence-corrected chi connectivity index (χ2v) is 7.19. The van der Waals surface area contributed by atoms with Gasteiger partial charge in [0.25, 0.3) is 0 Å². The second-order valence-electron chi connectivity index (χ2n) is 6.27. The van der Waals surface area contributed by atoms with E-state index in [4.69, 9.17) is 9.73 Å². The number of carbonyl (C=O) groups excluding carboxylic acids is 1. The van der Waals surface area contributed by atoms with Crippen LogP contribution in [0.2, 0.25) is 0 Å². The SMILES string of the molecule is COC(=O)C=CC1N=C(c2ccccn2)c2cc(Br)ccc2-n2c(C)cnc21. The number of imidazole rings is 1. The van der Waals surface area contributed by atoms with Crippen LogP contribution in [0.25, 0.3) is 5.69 Å². The minimum Gasteiger partial charge on any atom is -0.466 e. The van der Waals surface area contributed by atoms with Gasteiger partial charge in [0.1, 0.15) is 11.9 Å². The highest BCUT2D eigenvalue weighted by molar-refractivity contribution is 9.10. The first-order chi connectivity index (χ1) is 13.6. The van der Waals surface area contributed by atoms with E-state index in [-0.39, 0.29) is 0 Å². The van der Waals surface area contributed by atoms with Crippen molar-refractivity contribution in [1.82, 2.24) is 14.5 Å². The van der Waals surface area contributed by atoms with Crippen molar-refractivity contribution in [3.63, 3.8) is 0 Å². The number of fused-ring (bicyclic) bond motifs is 3. The molecule has 1 atom stereocenters. The number of hydrogen-bond acceptors (Lipinski definition) is 5. The Morgan fingerprint density at radius 1 is 1.25 bits per heavy atom. The van der Waals surface area contributed by atoms with Gasteiger partial charge < -0.3 is 4.74 Å². The molecule has 1 aliphatic rings. The lowest BCUT2D eigenvalue weighted by Gasteiger charge is -2.13. The molecule has 0 fully saturated rings. The number of ether oxygens (including phenoxy) is 1. The zero-order chi connectivity index (χ0) is 19.7. The number of rotatable bonds is 3. The molecule has 0 saturated heterocycles. The molecule has 0 aliphatic carbocycles. The fourth-order valence-electron chi connectivity index (χ4n) is 3.21. The third-order valence-corrected chi connectivity index (χ3v) is 4.97. The van der Waals surface area contributed by atoms with Gasteiger partial charge >= 0.3 is 5.97 Å². The van der Waals surface area contributed by atoms with Gasteiger partial charge in [0.2, 0.25) is 0 Å². The monoisotopic (exact) mass is 436 g/mol. The first-order valence-electron chi connectivity index (χ1n) is 8.68. The van der Waals surface area contributed by atoms with Crippen molar-refractivity contribution in [2.45, 2.75) is 13.0 Å². The number of esters is 1. The van der Waals surface area contributed by atoms with Crippen LogP contribution in [0.4, 0.5) is 0 Å². The lowest BCUT2D eigenvalue weighted by molar-refractivity contribution is -0.134. The van der Waals surface area contributed by atoms with Gasteiger partial charge in [-0.2, -0.15) is 0 Å². The first-order valence-corrected chi connectivity index (χ1v) is 9.47. The Hall–Kier alpha value is -3.06. The van der Waals surface area contributed by atoms with Crippen molar-refractivity contribution in [2.75, 3.05) is 7.11 Å². The average molecular weight is 437 g/mol. The highest BCUT2D eigenvalue weighted by Gasteiger charge is 2.26. The summed E-state index contributed by atoms with van der Waals surface area (Å²) in [4.78, 5) is 25.7. The van der Waals surface area contributed by atoms with Gasteiger partial charge in [0.15, 0.2) is 0 Å². The molecule has 0 N–H and O–H groups in total. The van der Waals surface area contributed by atoms with E-state index < -0.39 is 12.0 Å². The summed E-state index contributed by atoms with van der Waals surface area (Å²) in [5.74, 6) is 0.293. The van der Waals surface area contributed by atoms with Gasteiger partial charge in [-0.3, -0.25) is 14.5 Å². The average Bonchev–Trinajstić information content (AvgIpc) is 3.03. The lowest BCUT2D eigenvalue weighted by atomic mass is 10.0. The predicted molar refractivity (Wildman–Crippen MR) is 110 cm³/mol. The van der Waals surface area contributed by atoms with Gasteiger partial charge in [-0.05, 0) is 43.3 Å². The molecule has 0 radical (unpaired) electrons. The molecular weight excluding hydrogens is 420 g/mol. The van der Waals surface area contributed by atoms with Crippen LogP contribution in [0.15, 0.2) is 70.4 Å². The van der Waals surface area contributed by atoms with Crippen molar-refractivity contribution >= 4 is 27.6 Å². The number of aromatic nitrogens is 3. The molecule has 0 spiro atoms. The number of pyridine rings is 1. The molecule has 140 valence electrons. The molecule has 1 unspecified atom stereocenters. The van der Waals surface area contributed by atoms with Crippen molar-refractivity contribution in [1.29, 1.82) is 0 Å². The lowest BCUT2D eigenvalue weighted by Crippen LogP contribution is -2.09. The van der Waals surface area contributed by atoms with E-state index in [1.165, 1.54) is 13.2 Å². The third kappa shape index (κ3) is 3.29. The Morgan fingerprint density at radius 2 is 2.11 bits per heavy atom. The molecule has 6 nitrogen and oxygen atoms in total. The number of hydrogen-bond donors (Lipinski definition) is 0. The first kappa shape index (κ1) is 18.3. The number of carbonyl (C=O) groups is 1. The molecule has 7 heteroatoms. The van der Waals surface area contributed by atoms with E-state index in [0.717, 1.165) is 38.6 Å². The van der Waals surface area contributed by atoms with E-state index in [1.807, 2.05) is 43.3 Å². The smallest absolute Gasteiger partial charge is 0.330 e. The van der Waals surface area contributed by atoms with Crippen molar-refractivity contribution < 1.29 is 9.53 Å². The van der Waals surface area contributed by atoms with E-state index in [0.29, 0.717) is 0 Å². The zero-order valence-corrected chi connectivity index (χ0v) is 16.9. The second kappa shape index (κ2) is 7.52. The maximum absolute atomic E-state index is 11.7. The predicted octanol–water partition coefficient (Wildman–Crippen LogP) is 3.96. The van der Waals surface area contributed by atoms with E-state index in [1.54, 1.807) is 18.5 Å². The fourth-order valence-corrected chi connectivity index (χ4v) is 3.57. The van der Waals surface area contributed by atoms with Crippen LogP contribution in [-0.4, -0.2) is 33.3 Å². The van der Waals surface area contributed by atoms with Crippen LogP contribution >= 0.6 is 15.9 Å². The van der Waals surface area contributed by atoms with Gasteiger partial charge in [-0.1, -0.05) is 22.0 Å². The fraction of sp³-hybridized carbons (Fsp3) is 0.143. The van der Waals surface area contributed by atoms with Crippen molar-refractivity contribution in [3.05, 3.63) is 88.2 Å². The number of aryl methyl sites for hydroxylation is 1. The summed E-state index contributed by atoms with van der Waals surface area (Å²) >= 11 is 3.56. The maximum Gasteiger partial charge on any atom is 0.330 e. The van der Waals surface area contributed by atoms with Crippen LogP contribution in [0.1, 0.15) is 28.8 Å².